The molecule has 3 aliphatic carbocycles. The standard InChI is InChI=1S/C32H41N7O4/c1-29(2,3)43-28(41)38-30(4,5)14-15-34-27(40)23-20-35-25(26-7-6-22-16-21(18-33)19-36-39(22)26)17-24(23)37-31-8-11-32(42,12-9-31)13-10-31/h6-7,16-17,19-20,42H,8-15H2,1-5H3,(H,34,40)(H,35,37)(H,38,41). The summed E-state index contributed by atoms with van der Waals surface area (Å²) in [5.41, 5.74) is 1.71. The van der Waals surface area contributed by atoms with Gasteiger partial charge in [-0.3, -0.25) is 9.78 Å². The first kappa shape index (κ1) is 30.3. The first-order valence-electron chi connectivity index (χ1n) is 14.9. The summed E-state index contributed by atoms with van der Waals surface area (Å²) in [4.78, 5) is 30.5. The zero-order valence-electron chi connectivity index (χ0n) is 25.6. The lowest BCUT2D eigenvalue weighted by Gasteiger charge is -2.51. The third-order valence-electron chi connectivity index (χ3n) is 8.52. The molecule has 4 N–H and O–H groups in total. The molecule has 11 heteroatoms. The molecule has 2 amide bonds. The molecule has 6 rings (SSSR count). The van der Waals surface area contributed by atoms with Gasteiger partial charge in [-0.1, -0.05) is 0 Å². The number of carbonyl (C=O) groups is 2. The molecule has 43 heavy (non-hydrogen) atoms. The number of hydrogen-bond acceptors (Lipinski definition) is 8. The zero-order chi connectivity index (χ0) is 31.0. The van der Waals surface area contributed by atoms with E-state index in [0.29, 0.717) is 35.5 Å². The number of fused-ring (bicyclic) bond motifs is 4. The molecule has 2 bridgehead atoms. The number of nitriles is 1. The van der Waals surface area contributed by atoms with Gasteiger partial charge in [0, 0.05) is 23.8 Å². The number of hydrogen-bond donors (Lipinski definition) is 4. The van der Waals surface area contributed by atoms with E-state index in [1.54, 1.807) is 16.8 Å². The van der Waals surface area contributed by atoms with Gasteiger partial charge in [0.1, 0.15) is 11.7 Å². The minimum Gasteiger partial charge on any atom is -0.444 e. The topological polar surface area (TPSA) is 154 Å². The number of pyridine rings is 1. The number of aromatic nitrogens is 3. The number of ether oxygens (including phenoxy) is 1. The van der Waals surface area contributed by atoms with Crippen molar-refractivity contribution in [1.29, 1.82) is 5.26 Å². The van der Waals surface area contributed by atoms with Gasteiger partial charge in [-0.2, -0.15) is 10.4 Å². The fraction of sp³-hybridized carbons (Fsp3) is 0.531. The molecule has 11 nitrogen and oxygen atoms in total. The molecule has 0 spiro atoms. The van der Waals surface area contributed by atoms with Crippen LogP contribution in [0.5, 0.6) is 0 Å². The van der Waals surface area contributed by atoms with E-state index in [9.17, 15) is 20.0 Å². The van der Waals surface area contributed by atoms with E-state index in [0.717, 1.165) is 49.7 Å². The molecular formula is C32H41N7O4. The van der Waals surface area contributed by atoms with Crippen molar-refractivity contribution in [3.63, 3.8) is 0 Å². The number of rotatable bonds is 8. The molecule has 0 saturated heterocycles. The van der Waals surface area contributed by atoms with Crippen LogP contribution < -0.4 is 16.0 Å². The zero-order valence-corrected chi connectivity index (χ0v) is 25.6. The summed E-state index contributed by atoms with van der Waals surface area (Å²) in [6.07, 6.45) is 7.73. The van der Waals surface area contributed by atoms with Crippen LogP contribution >= 0.6 is 0 Å². The van der Waals surface area contributed by atoms with Crippen LogP contribution in [-0.2, 0) is 4.74 Å². The van der Waals surface area contributed by atoms with Crippen molar-refractivity contribution in [2.75, 3.05) is 11.9 Å². The van der Waals surface area contributed by atoms with Gasteiger partial charge in [0.15, 0.2) is 0 Å². The van der Waals surface area contributed by atoms with Crippen LogP contribution in [0.2, 0.25) is 0 Å². The van der Waals surface area contributed by atoms with Gasteiger partial charge in [0.25, 0.3) is 5.91 Å². The molecule has 3 heterocycles. The molecule has 3 aliphatic rings. The van der Waals surface area contributed by atoms with Crippen LogP contribution in [-0.4, -0.2) is 60.5 Å². The van der Waals surface area contributed by atoms with Crippen molar-refractivity contribution in [1.82, 2.24) is 25.2 Å². The van der Waals surface area contributed by atoms with Crippen molar-refractivity contribution in [3.05, 3.63) is 47.8 Å². The summed E-state index contributed by atoms with van der Waals surface area (Å²) in [5, 5.41) is 34.0. The van der Waals surface area contributed by atoms with E-state index in [2.05, 4.69) is 32.1 Å². The summed E-state index contributed by atoms with van der Waals surface area (Å²) in [6.45, 7) is 9.53. The third-order valence-corrected chi connectivity index (χ3v) is 8.52. The lowest BCUT2D eigenvalue weighted by molar-refractivity contribution is -0.0580. The number of amides is 2. The second-order valence-corrected chi connectivity index (χ2v) is 13.7. The minimum absolute atomic E-state index is 0.210. The van der Waals surface area contributed by atoms with Gasteiger partial charge in [-0.25, -0.2) is 9.31 Å². The highest BCUT2D eigenvalue weighted by molar-refractivity contribution is 6.00. The van der Waals surface area contributed by atoms with Gasteiger partial charge in [0.2, 0.25) is 0 Å². The average Bonchev–Trinajstić information content (AvgIpc) is 3.35. The quantitative estimate of drug-likeness (QED) is 0.289. The number of aliphatic hydroxyl groups is 1. The van der Waals surface area contributed by atoms with Crippen LogP contribution in [0.15, 0.2) is 36.7 Å². The van der Waals surface area contributed by atoms with Crippen LogP contribution in [0.4, 0.5) is 10.5 Å². The van der Waals surface area contributed by atoms with Crippen molar-refractivity contribution >= 4 is 23.2 Å². The Morgan fingerprint density at radius 1 is 1.07 bits per heavy atom. The number of alkyl carbamates (subject to hydrolysis) is 1. The summed E-state index contributed by atoms with van der Waals surface area (Å²) < 4.78 is 7.11. The first-order chi connectivity index (χ1) is 20.2. The average molecular weight is 588 g/mol. The molecule has 0 radical (unpaired) electrons. The van der Waals surface area contributed by atoms with Crippen LogP contribution in [0.3, 0.4) is 0 Å². The van der Waals surface area contributed by atoms with Crippen molar-refractivity contribution in [2.45, 2.75) is 102 Å². The Morgan fingerprint density at radius 3 is 2.42 bits per heavy atom. The largest absolute Gasteiger partial charge is 0.444 e. The Hall–Kier alpha value is -4.17. The van der Waals surface area contributed by atoms with Gasteiger partial charge in [-0.15, -0.1) is 0 Å². The lowest BCUT2D eigenvalue weighted by Crippen LogP contribution is -2.54. The lowest BCUT2D eigenvalue weighted by atomic mass is 9.63. The van der Waals surface area contributed by atoms with Gasteiger partial charge < -0.3 is 25.8 Å². The fourth-order valence-corrected chi connectivity index (χ4v) is 6.00. The predicted octanol–water partition coefficient (Wildman–Crippen LogP) is 4.94. The van der Waals surface area contributed by atoms with Crippen molar-refractivity contribution in [3.8, 4) is 17.5 Å². The molecule has 0 aliphatic heterocycles. The molecule has 0 aromatic carbocycles. The maximum Gasteiger partial charge on any atom is 0.408 e. The van der Waals surface area contributed by atoms with E-state index >= 15 is 0 Å². The maximum absolute atomic E-state index is 13.5. The Kier molecular flexibility index (Phi) is 7.86. The Labute approximate surface area is 252 Å². The van der Waals surface area contributed by atoms with Crippen LogP contribution in [0, 0.1) is 11.3 Å². The van der Waals surface area contributed by atoms with Gasteiger partial charge >= 0.3 is 6.09 Å². The van der Waals surface area contributed by atoms with E-state index < -0.39 is 22.8 Å². The highest BCUT2D eigenvalue weighted by Crippen LogP contribution is 2.48. The molecule has 0 unspecified atom stereocenters. The molecule has 3 saturated carbocycles. The highest BCUT2D eigenvalue weighted by atomic mass is 16.6. The summed E-state index contributed by atoms with van der Waals surface area (Å²) in [7, 11) is 0. The summed E-state index contributed by atoms with van der Waals surface area (Å²) >= 11 is 0. The van der Waals surface area contributed by atoms with E-state index in [1.165, 1.54) is 6.20 Å². The molecule has 228 valence electrons. The molecule has 3 fully saturated rings. The smallest absolute Gasteiger partial charge is 0.408 e. The van der Waals surface area contributed by atoms with Crippen molar-refractivity contribution < 1.29 is 19.4 Å². The SMILES string of the molecule is CC(C)(CCNC(=O)c1cnc(-c2ccc3cc(C#N)cnn23)cc1NC12CCC(O)(CC1)CC2)NC(=O)OC(C)(C)C. The Bertz CT molecular complexity index is 1560. The molecule has 3 aromatic rings. The Balaban J connectivity index is 1.37. The number of nitrogens with one attached hydrogen (secondary N) is 3. The van der Waals surface area contributed by atoms with Crippen molar-refractivity contribution in [2.24, 2.45) is 0 Å². The van der Waals surface area contributed by atoms with Crippen LogP contribution in [0.1, 0.15) is 95.5 Å². The monoisotopic (exact) mass is 587 g/mol. The van der Waals surface area contributed by atoms with E-state index in [-0.39, 0.29) is 11.4 Å². The number of anilines is 1. The summed E-state index contributed by atoms with van der Waals surface area (Å²) in [6, 6.07) is 9.54. The highest BCUT2D eigenvalue weighted by Gasteiger charge is 2.48. The third kappa shape index (κ3) is 6.91. The number of nitrogens with zero attached hydrogens (tertiary/aromatic N) is 4. The normalized spacial score (nSPS) is 21.7. The molecular weight excluding hydrogens is 546 g/mol. The Morgan fingerprint density at radius 2 is 1.77 bits per heavy atom. The maximum atomic E-state index is 13.5. The molecule has 3 aromatic heterocycles. The van der Waals surface area contributed by atoms with Gasteiger partial charge in [-0.05, 0) is 104 Å². The second kappa shape index (κ2) is 11.2. The predicted molar refractivity (Wildman–Crippen MR) is 163 cm³/mol. The minimum atomic E-state index is -0.604. The van der Waals surface area contributed by atoms with Crippen LogP contribution in [0.25, 0.3) is 16.9 Å². The fourth-order valence-electron chi connectivity index (χ4n) is 6.00. The van der Waals surface area contributed by atoms with E-state index in [4.69, 9.17) is 4.74 Å². The second-order valence-electron chi connectivity index (χ2n) is 13.7. The summed E-state index contributed by atoms with van der Waals surface area (Å²) in [5.74, 6) is -0.272. The van der Waals surface area contributed by atoms with Gasteiger partial charge in [0.05, 0.1) is 45.5 Å². The first-order valence-corrected chi connectivity index (χ1v) is 14.9. The molecule has 0 atom stereocenters. The van der Waals surface area contributed by atoms with E-state index in [1.807, 2.05) is 52.8 Å². The number of carbonyl (C=O) groups excluding carboxylic acids is 2.